The predicted octanol–water partition coefficient (Wildman–Crippen LogP) is 4.06. The quantitative estimate of drug-likeness (QED) is 0.285. The third kappa shape index (κ3) is 7.03. The first-order chi connectivity index (χ1) is 10.6. The molecule has 0 spiro atoms. The second kappa shape index (κ2) is 10.6. The van der Waals surface area contributed by atoms with Crippen LogP contribution in [0.2, 0.25) is 10.0 Å². The van der Waals surface area contributed by atoms with Gasteiger partial charge in [-0.2, -0.15) is 0 Å². The largest absolute Gasteiger partial charge is 0.370 e. The molecule has 23 heavy (non-hydrogen) atoms. The van der Waals surface area contributed by atoms with Gasteiger partial charge in [0.05, 0.1) is 6.04 Å². The van der Waals surface area contributed by atoms with E-state index < -0.39 is 0 Å². The van der Waals surface area contributed by atoms with E-state index in [1.807, 2.05) is 19.1 Å². The maximum absolute atomic E-state index is 6.20. The Hall–Kier alpha value is -0.240. The minimum Gasteiger partial charge on any atom is -0.370 e. The normalized spacial score (nSPS) is 16.9. The lowest BCUT2D eigenvalue weighted by molar-refractivity contribution is 0.336. The smallest absolute Gasteiger partial charge is 0.189 e. The summed E-state index contributed by atoms with van der Waals surface area (Å²) in [5.41, 5.74) is 6.90. The van der Waals surface area contributed by atoms with E-state index in [0.717, 1.165) is 25.1 Å². The summed E-state index contributed by atoms with van der Waals surface area (Å²) in [6.07, 6.45) is 3.69. The molecule has 1 aliphatic heterocycles. The highest BCUT2D eigenvalue weighted by atomic mass is 127. The number of guanidine groups is 1. The SMILES string of the molecule is CC(NC(N)=NCCCN1CCCC1)c1ccc(Cl)cc1Cl.I. The van der Waals surface area contributed by atoms with Crippen molar-refractivity contribution in [1.29, 1.82) is 0 Å². The number of aliphatic imine (C=N–C) groups is 1. The molecule has 0 amide bonds. The lowest BCUT2D eigenvalue weighted by Gasteiger charge is -2.17. The summed E-state index contributed by atoms with van der Waals surface area (Å²) in [6, 6.07) is 5.46. The molecule has 1 unspecified atom stereocenters. The van der Waals surface area contributed by atoms with Crippen molar-refractivity contribution in [2.75, 3.05) is 26.2 Å². The first-order valence-electron chi connectivity index (χ1n) is 7.80. The Bertz CT molecular complexity index is 519. The fourth-order valence-corrected chi connectivity index (χ4v) is 3.27. The van der Waals surface area contributed by atoms with Crippen LogP contribution < -0.4 is 11.1 Å². The van der Waals surface area contributed by atoms with Crippen LogP contribution in [-0.4, -0.2) is 37.0 Å². The molecule has 1 fully saturated rings. The van der Waals surface area contributed by atoms with E-state index in [1.165, 1.54) is 25.9 Å². The Labute approximate surface area is 165 Å². The molecule has 130 valence electrons. The van der Waals surface area contributed by atoms with Gasteiger partial charge in [-0.15, -0.1) is 24.0 Å². The molecule has 0 bridgehead atoms. The van der Waals surface area contributed by atoms with Crippen molar-refractivity contribution in [3.63, 3.8) is 0 Å². The predicted molar refractivity (Wildman–Crippen MR) is 110 cm³/mol. The molecule has 0 aromatic heterocycles. The van der Waals surface area contributed by atoms with Crippen molar-refractivity contribution in [3.05, 3.63) is 33.8 Å². The zero-order valence-electron chi connectivity index (χ0n) is 13.4. The number of likely N-dealkylation sites (tertiary alicyclic amines) is 1. The maximum atomic E-state index is 6.20. The first-order valence-corrected chi connectivity index (χ1v) is 8.55. The van der Waals surface area contributed by atoms with Crippen molar-refractivity contribution in [2.24, 2.45) is 10.7 Å². The van der Waals surface area contributed by atoms with Gasteiger partial charge in [-0.3, -0.25) is 4.99 Å². The van der Waals surface area contributed by atoms with E-state index in [9.17, 15) is 0 Å². The van der Waals surface area contributed by atoms with Crippen LogP contribution in [0.15, 0.2) is 23.2 Å². The van der Waals surface area contributed by atoms with Gasteiger partial charge in [0.25, 0.3) is 0 Å². The lowest BCUT2D eigenvalue weighted by Crippen LogP contribution is -2.34. The Morgan fingerprint density at radius 2 is 2.04 bits per heavy atom. The molecular formula is C16H25Cl2IN4. The van der Waals surface area contributed by atoms with Crippen LogP contribution in [0.3, 0.4) is 0 Å². The molecule has 1 saturated heterocycles. The second-order valence-electron chi connectivity index (χ2n) is 5.70. The maximum Gasteiger partial charge on any atom is 0.189 e. The van der Waals surface area contributed by atoms with Crippen LogP contribution in [0.5, 0.6) is 0 Å². The van der Waals surface area contributed by atoms with Gasteiger partial charge in [0.2, 0.25) is 0 Å². The summed E-state index contributed by atoms with van der Waals surface area (Å²) in [5.74, 6) is 0.458. The number of nitrogens with two attached hydrogens (primary N) is 1. The third-order valence-corrected chi connectivity index (χ3v) is 4.47. The van der Waals surface area contributed by atoms with Gasteiger partial charge in [0, 0.05) is 16.6 Å². The zero-order valence-corrected chi connectivity index (χ0v) is 17.2. The fourth-order valence-electron chi connectivity index (χ4n) is 2.70. The molecule has 1 aromatic rings. The zero-order chi connectivity index (χ0) is 15.9. The van der Waals surface area contributed by atoms with Gasteiger partial charge in [-0.1, -0.05) is 29.3 Å². The van der Waals surface area contributed by atoms with E-state index in [-0.39, 0.29) is 30.0 Å². The molecule has 0 aliphatic carbocycles. The molecule has 2 rings (SSSR count). The van der Waals surface area contributed by atoms with Crippen LogP contribution >= 0.6 is 47.2 Å². The number of benzene rings is 1. The van der Waals surface area contributed by atoms with Crippen LogP contribution in [0, 0.1) is 0 Å². The van der Waals surface area contributed by atoms with Crippen LogP contribution in [0.4, 0.5) is 0 Å². The van der Waals surface area contributed by atoms with Crippen LogP contribution in [-0.2, 0) is 0 Å². The van der Waals surface area contributed by atoms with E-state index in [1.54, 1.807) is 6.07 Å². The molecule has 1 atom stereocenters. The average Bonchev–Trinajstić information content (AvgIpc) is 2.96. The molecule has 7 heteroatoms. The summed E-state index contributed by atoms with van der Waals surface area (Å²) in [5, 5.41) is 4.43. The van der Waals surface area contributed by atoms with Gasteiger partial charge in [-0.25, -0.2) is 0 Å². The summed E-state index contributed by atoms with van der Waals surface area (Å²) < 4.78 is 0. The average molecular weight is 471 g/mol. The van der Waals surface area contributed by atoms with Crippen molar-refractivity contribution in [2.45, 2.75) is 32.2 Å². The van der Waals surface area contributed by atoms with E-state index >= 15 is 0 Å². The first kappa shape index (κ1) is 20.8. The van der Waals surface area contributed by atoms with Crippen LogP contribution in [0.1, 0.15) is 37.8 Å². The molecule has 0 saturated carbocycles. The van der Waals surface area contributed by atoms with Crippen molar-refractivity contribution < 1.29 is 0 Å². The minimum atomic E-state index is -0.00732. The summed E-state index contributed by atoms with van der Waals surface area (Å²) in [4.78, 5) is 6.87. The van der Waals surface area contributed by atoms with Crippen molar-refractivity contribution in [3.8, 4) is 0 Å². The van der Waals surface area contributed by atoms with Gasteiger partial charge in [0.1, 0.15) is 0 Å². The Morgan fingerprint density at radius 1 is 1.35 bits per heavy atom. The fraction of sp³-hybridized carbons (Fsp3) is 0.562. The summed E-state index contributed by atoms with van der Waals surface area (Å²) in [7, 11) is 0. The van der Waals surface area contributed by atoms with Gasteiger partial charge < -0.3 is 16.0 Å². The van der Waals surface area contributed by atoms with Gasteiger partial charge in [-0.05, 0) is 63.5 Å². The monoisotopic (exact) mass is 470 g/mol. The highest BCUT2D eigenvalue weighted by Crippen LogP contribution is 2.25. The Balaban J connectivity index is 0.00000264. The van der Waals surface area contributed by atoms with E-state index in [4.69, 9.17) is 28.9 Å². The van der Waals surface area contributed by atoms with Gasteiger partial charge in [0.15, 0.2) is 5.96 Å². The number of hydrogen-bond donors (Lipinski definition) is 2. The number of rotatable bonds is 6. The van der Waals surface area contributed by atoms with Gasteiger partial charge >= 0.3 is 0 Å². The Morgan fingerprint density at radius 3 is 2.70 bits per heavy atom. The second-order valence-corrected chi connectivity index (χ2v) is 6.54. The molecular weight excluding hydrogens is 446 g/mol. The minimum absolute atomic E-state index is 0. The summed E-state index contributed by atoms with van der Waals surface area (Å²) in [6.45, 7) is 6.31. The van der Waals surface area contributed by atoms with E-state index in [0.29, 0.717) is 16.0 Å². The third-order valence-electron chi connectivity index (χ3n) is 3.91. The Kier molecular flexibility index (Phi) is 9.58. The van der Waals surface area contributed by atoms with E-state index in [2.05, 4.69) is 15.2 Å². The van der Waals surface area contributed by atoms with Crippen molar-refractivity contribution in [1.82, 2.24) is 10.2 Å². The van der Waals surface area contributed by atoms with Crippen molar-refractivity contribution >= 4 is 53.1 Å². The highest BCUT2D eigenvalue weighted by Gasteiger charge is 2.11. The molecule has 1 aromatic carbocycles. The standard InChI is InChI=1S/C16H24Cl2N4.HI/c1-12(14-6-5-13(17)11-15(14)18)21-16(19)20-7-4-10-22-8-2-3-9-22;/h5-6,11-12H,2-4,7-10H2,1H3,(H3,19,20,21);1H. The molecule has 3 N–H and O–H groups in total. The molecule has 1 aliphatic rings. The number of halogens is 3. The number of nitrogens with one attached hydrogen (secondary N) is 1. The number of hydrogen-bond acceptors (Lipinski definition) is 2. The molecule has 0 radical (unpaired) electrons. The lowest BCUT2D eigenvalue weighted by atomic mass is 10.1. The summed E-state index contributed by atoms with van der Waals surface area (Å²) >= 11 is 12.1. The topological polar surface area (TPSA) is 53.6 Å². The highest BCUT2D eigenvalue weighted by molar-refractivity contribution is 14.0. The molecule has 4 nitrogen and oxygen atoms in total. The van der Waals surface area contributed by atoms with Crippen LogP contribution in [0.25, 0.3) is 0 Å². The number of nitrogens with zero attached hydrogens (tertiary/aromatic N) is 2. The molecule has 1 heterocycles.